The summed E-state index contributed by atoms with van der Waals surface area (Å²) in [4.78, 5) is 17.3. The van der Waals surface area contributed by atoms with Gasteiger partial charge >= 0.3 is 0 Å². The Morgan fingerprint density at radius 3 is 2.36 bits per heavy atom. The maximum atomic E-state index is 12.9. The SMILES string of the molecule is CC(C)(C)c1cc(CCC(=O)Cc2cncc(CO[Si](C)(C)C(C)(C)C)c2)n(-c2cccc(Cl)c2)n1. The van der Waals surface area contributed by atoms with Gasteiger partial charge in [0.1, 0.15) is 5.78 Å². The zero-order valence-electron chi connectivity index (χ0n) is 23.0. The van der Waals surface area contributed by atoms with Crippen molar-refractivity contribution in [3.63, 3.8) is 0 Å². The first-order valence-corrected chi connectivity index (χ1v) is 15.9. The van der Waals surface area contributed by atoms with Gasteiger partial charge in [-0.3, -0.25) is 9.78 Å². The summed E-state index contributed by atoms with van der Waals surface area (Å²) in [5.41, 5.74) is 4.74. The molecule has 0 fully saturated rings. The van der Waals surface area contributed by atoms with E-state index in [1.807, 2.05) is 41.2 Å². The molecule has 0 aliphatic heterocycles. The number of carbonyl (C=O) groups is 1. The van der Waals surface area contributed by atoms with Crippen molar-refractivity contribution in [2.75, 3.05) is 0 Å². The number of aromatic nitrogens is 3. The number of ketones is 1. The molecular weight excluding hydrogens is 486 g/mol. The smallest absolute Gasteiger partial charge is 0.192 e. The molecule has 2 heterocycles. The van der Waals surface area contributed by atoms with E-state index in [1.165, 1.54) is 0 Å². The Balaban J connectivity index is 1.68. The number of aryl methyl sites for hydroxylation is 1. The largest absolute Gasteiger partial charge is 0.413 e. The van der Waals surface area contributed by atoms with Crippen molar-refractivity contribution in [3.8, 4) is 5.69 Å². The van der Waals surface area contributed by atoms with Gasteiger partial charge in [-0.2, -0.15) is 5.10 Å². The number of rotatable bonds is 9. The molecule has 0 N–H and O–H groups in total. The van der Waals surface area contributed by atoms with Crippen LogP contribution in [0.5, 0.6) is 0 Å². The van der Waals surface area contributed by atoms with Crippen molar-refractivity contribution in [3.05, 3.63) is 76.3 Å². The van der Waals surface area contributed by atoms with Crippen LogP contribution in [0.3, 0.4) is 0 Å². The van der Waals surface area contributed by atoms with E-state index in [4.69, 9.17) is 21.1 Å². The van der Waals surface area contributed by atoms with E-state index in [1.54, 1.807) is 6.20 Å². The van der Waals surface area contributed by atoms with E-state index in [2.05, 4.69) is 65.7 Å². The van der Waals surface area contributed by atoms with Gasteiger partial charge in [0.15, 0.2) is 8.32 Å². The van der Waals surface area contributed by atoms with Crippen molar-refractivity contribution >= 4 is 25.7 Å². The summed E-state index contributed by atoms with van der Waals surface area (Å²) in [7, 11) is -1.85. The molecule has 0 saturated carbocycles. The van der Waals surface area contributed by atoms with Gasteiger partial charge in [0.25, 0.3) is 0 Å². The molecule has 0 unspecified atom stereocenters. The van der Waals surface area contributed by atoms with Crippen LogP contribution in [0.4, 0.5) is 0 Å². The van der Waals surface area contributed by atoms with Gasteiger partial charge < -0.3 is 4.43 Å². The molecule has 1 aromatic carbocycles. The lowest BCUT2D eigenvalue weighted by atomic mass is 9.92. The Hall–Kier alpha value is -2.28. The second-order valence-electron chi connectivity index (χ2n) is 12.1. The van der Waals surface area contributed by atoms with Crippen LogP contribution in [0.15, 0.2) is 48.8 Å². The zero-order chi connectivity index (χ0) is 26.7. The minimum absolute atomic E-state index is 0.0961. The maximum Gasteiger partial charge on any atom is 0.192 e. The van der Waals surface area contributed by atoms with Gasteiger partial charge in [-0.05, 0) is 59.9 Å². The number of nitrogens with zero attached hydrogens (tertiary/aromatic N) is 3. The minimum atomic E-state index is -1.85. The number of pyridine rings is 1. The fourth-order valence-electron chi connectivity index (χ4n) is 3.58. The molecule has 7 heteroatoms. The highest BCUT2D eigenvalue weighted by Gasteiger charge is 2.37. The minimum Gasteiger partial charge on any atom is -0.413 e. The second-order valence-corrected chi connectivity index (χ2v) is 17.4. The average Bonchev–Trinajstić information content (AvgIpc) is 3.21. The number of hydrogen-bond acceptors (Lipinski definition) is 4. The van der Waals surface area contributed by atoms with Gasteiger partial charge in [-0.25, -0.2) is 4.68 Å². The van der Waals surface area contributed by atoms with Gasteiger partial charge in [-0.15, -0.1) is 0 Å². The monoisotopic (exact) mass is 525 g/mol. The third-order valence-corrected chi connectivity index (χ3v) is 11.6. The summed E-state index contributed by atoms with van der Waals surface area (Å²) in [6.45, 7) is 18.1. The molecule has 0 amide bonds. The van der Waals surface area contributed by atoms with Gasteiger partial charge in [0.05, 0.1) is 18.0 Å². The lowest BCUT2D eigenvalue weighted by Crippen LogP contribution is -2.40. The number of Topliss-reactive ketones (excluding diaryl/α,β-unsaturated/α-hetero) is 1. The van der Waals surface area contributed by atoms with Crippen molar-refractivity contribution < 1.29 is 9.22 Å². The van der Waals surface area contributed by atoms with Crippen LogP contribution in [0.1, 0.15) is 70.5 Å². The van der Waals surface area contributed by atoms with Gasteiger partial charge in [0.2, 0.25) is 0 Å². The number of halogens is 1. The van der Waals surface area contributed by atoms with Crippen molar-refractivity contribution in [2.24, 2.45) is 0 Å². The molecule has 0 atom stereocenters. The van der Waals surface area contributed by atoms with Crippen LogP contribution >= 0.6 is 11.6 Å². The van der Waals surface area contributed by atoms with E-state index in [0.29, 0.717) is 30.9 Å². The first-order valence-electron chi connectivity index (χ1n) is 12.6. The molecule has 5 nitrogen and oxygen atoms in total. The van der Waals surface area contributed by atoms with Crippen LogP contribution < -0.4 is 0 Å². The molecule has 36 heavy (non-hydrogen) atoms. The normalized spacial score (nSPS) is 12.7. The van der Waals surface area contributed by atoms with Gasteiger partial charge in [-0.1, -0.05) is 65.3 Å². The second kappa shape index (κ2) is 11.0. The maximum absolute atomic E-state index is 12.9. The van der Waals surface area contributed by atoms with Crippen molar-refractivity contribution in [1.29, 1.82) is 0 Å². The average molecular weight is 526 g/mol. The fraction of sp³-hybridized carbons (Fsp3) is 0.483. The topological polar surface area (TPSA) is 57.0 Å². The quantitative estimate of drug-likeness (QED) is 0.271. The Labute approximate surface area is 222 Å². The van der Waals surface area contributed by atoms with Gasteiger partial charge in [0, 0.05) is 41.4 Å². The van der Waals surface area contributed by atoms with Crippen LogP contribution in [-0.2, 0) is 34.1 Å². The van der Waals surface area contributed by atoms with Crippen LogP contribution in [0.2, 0.25) is 23.2 Å². The summed E-state index contributed by atoms with van der Waals surface area (Å²) in [5.74, 6) is 0.176. The molecule has 3 rings (SSSR count). The molecule has 0 saturated heterocycles. The Morgan fingerprint density at radius 2 is 1.72 bits per heavy atom. The Morgan fingerprint density at radius 1 is 1.03 bits per heavy atom. The molecule has 0 aliphatic rings. The lowest BCUT2D eigenvalue weighted by molar-refractivity contribution is -0.118. The standard InChI is InChI=1S/C29H40ClN3O2Si/c1-28(2,3)27-17-25(33(32-27)24-11-9-10-23(30)16-24)12-13-26(34)15-21-14-22(19-31-18-21)20-35-36(7,8)29(4,5)6/h9-11,14,16-19H,12-13,15,20H2,1-8H3. The zero-order valence-corrected chi connectivity index (χ0v) is 24.7. The molecule has 0 bridgehead atoms. The molecule has 0 radical (unpaired) electrons. The molecule has 0 spiro atoms. The number of benzene rings is 1. The first kappa shape index (κ1) is 28.3. The van der Waals surface area contributed by atoms with E-state index in [9.17, 15) is 4.79 Å². The molecular formula is C29H40ClN3O2Si. The van der Waals surface area contributed by atoms with Crippen molar-refractivity contribution in [2.45, 2.75) is 91.0 Å². The summed E-state index contributed by atoms with van der Waals surface area (Å²) in [5, 5.41) is 5.66. The Kier molecular flexibility index (Phi) is 8.64. The Bertz CT molecular complexity index is 1210. The third-order valence-electron chi connectivity index (χ3n) is 6.92. The van der Waals surface area contributed by atoms with Crippen LogP contribution in [-0.4, -0.2) is 28.9 Å². The van der Waals surface area contributed by atoms with E-state index in [0.717, 1.165) is 28.2 Å². The predicted octanol–water partition coefficient (Wildman–Crippen LogP) is 7.48. The highest BCUT2D eigenvalue weighted by Crippen LogP contribution is 2.37. The molecule has 194 valence electrons. The third kappa shape index (κ3) is 7.37. The highest BCUT2D eigenvalue weighted by molar-refractivity contribution is 6.74. The number of carbonyl (C=O) groups excluding carboxylic acids is 1. The highest BCUT2D eigenvalue weighted by atomic mass is 35.5. The first-order chi connectivity index (χ1) is 16.7. The summed E-state index contributed by atoms with van der Waals surface area (Å²) >= 11 is 6.24. The fourth-order valence-corrected chi connectivity index (χ4v) is 4.72. The van der Waals surface area contributed by atoms with E-state index >= 15 is 0 Å². The summed E-state index contributed by atoms with van der Waals surface area (Å²) in [6.07, 6.45) is 5.01. The molecule has 2 aromatic heterocycles. The summed E-state index contributed by atoms with van der Waals surface area (Å²) < 4.78 is 8.25. The summed E-state index contributed by atoms with van der Waals surface area (Å²) in [6, 6.07) is 11.8. The lowest BCUT2D eigenvalue weighted by Gasteiger charge is -2.36. The van der Waals surface area contributed by atoms with Crippen LogP contribution in [0, 0.1) is 0 Å². The van der Waals surface area contributed by atoms with E-state index in [-0.39, 0.29) is 16.2 Å². The molecule has 0 aliphatic carbocycles. The molecule has 3 aromatic rings. The van der Waals surface area contributed by atoms with Crippen molar-refractivity contribution in [1.82, 2.24) is 14.8 Å². The number of hydrogen-bond donors (Lipinski definition) is 0. The van der Waals surface area contributed by atoms with E-state index < -0.39 is 8.32 Å². The van der Waals surface area contributed by atoms with Crippen LogP contribution in [0.25, 0.3) is 5.69 Å². The predicted molar refractivity (Wildman–Crippen MR) is 151 cm³/mol.